The molecule has 1 amide bonds. The van der Waals surface area contributed by atoms with Crippen molar-refractivity contribution >= 4 is 33.4 Å². The number of sulfonamides is 1. The van der Waals surface area contributed by atoms with Crippen molar-refractivity contribution in [2.75, 3.05) is 44.0 Å². The van der Waals surface area contributed by atoms with Crippen LogP contribution in [0.3, 0.4) is 0 Å². The number of rotatable bonds is 8. The molecule has 1 aromatic carbocycles. The van der Waals surface area contributed by atoms with Crippen molar-refractivity contribution in [1.82, 2.24) is 19.1 Å². The molecule has 32 heavy (non-hydrogen) atoms. The van der Waals surface area contributed by atoms with Crippen LogP contribution in [0, 0.1) is 0 Å². The average molecular weight is 484 g/mol. The van der Waals surface area contributed by atoms with Crippen LogP contribution in [0.25, 0.3) is 0 Å². The Balaban J connectivity index is 1.32. The van der Waals surface area contributed by atoms with E-state index in [1.807, 2.05) is 0 Å². The third-order valence-electron chi connectivity index (χ3n) is 5.21. The van der Waals surface area contributed by atoms with Crippen LogP contribution < -0.4 is 11.0 Å². The maximum atomic E-state index is 12.7. The summed E-state index contributed by atoms with van der Waals surface area (Å²) in [4.78, 5) is 24.5. The van der Waals surface area contributed by atoms with Crippen LogP contribution >= 0.6 is 11.8 Å². The van der Waals surface area contributed by atoms with Crippen molar-refractivity contribution in [1.29, 1.82) is 0 Å². The lowest BCUT2D eigenvalue weighted by Gasteiger charge is -2.26. The molecule has 0 saturated carbocycles. The van der Waals surface area contributed by atoms with E-state index in [2.05, 4.69) is 15.5 Å². The number of ether oxygens (including phenoxy) is 2. The molecule has 11 nitrogen and oxygen atoms in total. The maximum Gasteiger partial charge on any atom is 0.344 e. The third-order valence-corrected chi connectivity index (χ3v) is 8.10. The second kappa shape index (κ2) is 10.2. The number of carbonyl (C=O) groups is 1. The number of thioether (sulfide) groups is 1. The molecule has 13 heteroatoms. The average Bonchev–Trinajstić information content (AvgIpc) is 3.44. The molecule has 174 valence electrons. The van der Waals surface area contributed by atoms with E-state index in [1.54, 1.807) is 12.1 Å². The largest absolute Gasteiger partial charge is 0.379 e. The Morgan fingerprint density at radius 3 is 2.66 bits per heavy atom. The first kappa shape index (κ1) is 23.0. The molecule has 2 N–H and O–H groups in total. The fourth-order valence-corrected chi connectivity index (χ4v) is 5.70. The maximum absolute atomic E-state index is 12.7. The first-order valence-electron chi connectivity index (χ1n) is 10.3. The minimum absolute atomic E-state index is 0.0225. The van der Waals surface area contributed by atoms with Gasteiger partial charge in [-0.1, -0.05) is 11.8 Å². The Morgan fingerprint density at radius 2 is 1.97 bits per heavy atom. The van der Waals surface area contributed by atoms with Gasteiger partial charge in [-0.25, -0.2) is 18.3 Å². The number of hydrogen-bond acceptors (Lipinski definition) is 8. The highest BCUT2D eigenvalue weighted by Gasteiger charge is 2.26. The zero-order valence-electron chi connectivity index (χ0n) is 17.4. The van der Waals surface area contributed by atoms with E-state index in [0.717, 1.165) is 24.6 Å². The molecule has 1 unspecified atom stereocenters. The molecule has 0 aliphatic carbocycles. The number of morpholine rings is 1. The van der Waals surface area contributed by atoms with E-state index in [4.69, 9.17) is 9.47 Å². The number of nitrogens with one attached hydrogen (secondary N) is 2. The summed E-state index contributed by atoms with van der Waals surface area (Å²) < 4.78 is 39.0. The smallest absolute Gasteiger partial charge is 0.344 e. The first-order valence-corrected chi connectivity index (χ1v) is 12.7. The number of nitrogens with zero attached hydrogens (tertiary/aromatic N) is 3. The summed E-state index contributed by atoms with van der Waals surface area (Å²) in [5.41, 5.74) is 0.149. The highest BCUT2D eigenvalue weighted by molar-refractivity contribution is 7.99. The predicted molar refractivity (Wildman–Crippen MR) is 117 cm³/mol. The molecule has 2 aliphatic rings. The standard InChI is InChI=1S/C19H25N5O6S2/c25-17(13-31-19-22-21-18(26)24(19)12-15-2-1-9-30-15)20-14-3-5-16(6-4-14)32(27,28)23-7-10-29-11-8-23/h3-6,15H,1-2,7-13H2,(H,20,25)(H,21,26). The molecule has 3 heterocycles. The molecule has 0 spiro atoms. The SMILES string of the molecule is O=C(CSc1n[nH]c(=O)n1CC1CCCO1)Nc1ccc(S(=O)(=O)N2CCOCC2)cc1. The van der Waals surface area contributed by atoms with Gasteiger partial charge in [0, 0.05) is 25.4 Å². The van der Waals surface area contributed by atoms with Crippen molar-refractivity contribution in [2.45, 2.75) is 35.5 Å². The van der Waals surface area contributed by atoms with Gasteiger partial charge in [0.15, 0.2) is 5.16 Å². The second-order valence-corrected chi connectivity index (χ2v) is 10.3. The van der Waals surface area contributed by atoms with Gasteiger partial charge in [-0.3, -0.25) is 9.36 Å². The van der Waals surface area contributed by atoms with E-state index in [-0.39, 0.29) is 28.3 Å². The molecule has 0 bridgehead atoms. The van der Waals surface area contributed by atoms with Crippen molar-refractivity contribution in [2.24, 2.45) is 0 Å². The number of amides is 1. The first-order chi connectivity index (χ1) is 15.4. The molecular formula is C19H25N5O6S2. The van der Waals surface area contributed by atoms with E-state index in [9.17, 15) is 18.0 Å². The quantitative estimate of drug-likeness (QED) is 0.518. The van der Waals surface area contributed by atoms with Crippen molar-refractivity contribution < 1.29 is 22.7 Å². The predicted octanol–water partition coefficient (Wildman–Crippen LogP) is 0.502. The Morgan fingerprint density at radius 1 is 1.22 bits per heavy atom. The summed E-state index contributed by atoms with van der Waals surface area (Å²) in [5.74, 6) is -0.248. The van der Waals surface area contributed by atoms with Crippen LogP contribution in [0.2, 0.25) is 0 Å². The van der Waals surface area contributed by atoms with Crippen molar-refractivity contribution in [3.05, 3.63) is 34.7 Å². The number of anilines is 1. The van der Waals surface area contributed by atoms with Crippen molar-refractivity contribution in [3.63, 3.8) is 0 Å². The molecule has 2 aliphatic heterocycles. The summed E-state index contributed by atoms with van der Waals surface area (Å²) in [6, 6.07) is 6.05. The van der Waals surface area contributed by atoms with E-state index in [1.165, 1.54) is 21.0 Å². The Hall–Kier alpha value is -2.19. The van der Waals surface area contributed by atoms with Crippen LogP contribution in [0.4, 0.5) is 5.69 Å². The Kier molecular flexibility index (Phi) is 7.30. The zero-order chi connectivity index (χ0) is 22.6. The van der Waals surface area contributed by atoms with Crippen LogP contribution in [0.15, 0.2) is 39.1 Å². The van der Waals surface area contributed by atoms with Gasteiger partial charge in [-0.15, -0.1) is 5.10 Å². The molecule has 1 aromatic heterocycles. The molecule has 0 radical (unpaired) electrons. The summed E-state index contributed by atoms with van der Waals surface area (Å²) in [6.07, 6.45) is 1.83. The van der Waals surface area contributed by atoms with E-state index >= 15 is 0 Å². The lowest BCUT2D eigenvalue weighted by atomic mass is 10.2. The van der Waals surface area contributed by atoms with Gasteiger partial charge in [0.25, 0.3) is 0 Å². The minimum atomic E-state index is -3.58. The molecule has 2 saturated heterocycles. The fourth-order valence-electron chi connectivity index (χ4n) is 3.54. The van der Waals surface area contributed by atoms with Crippen LogP contribution in [0.1, 0.15) is 12.8 Å². The molecule has 2 aromatic rings. The van der Waals surface area contributed by atoms with Gasteiger partial charge in [0.2, 0.25) is 15.9 Å². The highest BCUT2D eigenvalue weighted by atomic mass is 32.2. The number of carbonyl (C=O) groups excluding carboxylic acids is 1. The van der Waals surface area contributed by atoms with Gasteiger partial charge in [0.1, 0.15) is 0 Å². The van der Waals surface area contributed by atoms with Crippen LogP contribution in [0.5, 0.6) is 0 Å². The summed E-state index contributed by atoms with van der Waals surface area (Å²) in [7, 11) is -3.58. The second-order valence-electron chi connectivity index (χ2n) is 7.43. The Bertz CT molecular complexity index is 1090. The van der Waals surface area contributed by atoms with Gasteiger partial charge in [0.05, 0.1) is 36.5 Å². The van der Waals surface area contributed by atoms with E-state index < -0.39 is 10.0 Å². The monoisotopic (exact) mass is 483 g/mol. The number of aromatic nitrogens is 3. The molecular weight excluding hydrogens is 458 g/mol. The summed E-state index contributed by atoms with van der Waals surface area (Å²) in [6.45, 7) is 2.49. The van der Waals surface area contributed by atoms with Gasteiger partial charge >= 0.3 is 5.69 Å². The molecule has 4 rings (SSSR count). The zero-order valence-corrected chi connectivity index (χ0v) is 19.0. The summed E-state index contributed by atoms with van der Waals surface area (Å²) >= 11 is 1.14. The third kappa shape index (κ3) is 5.41. The number of H-pyrrole nitrogens is 1. The number of aromatic amines is 1. The van der Waals surface area contributed by atoms with Gasteiger partial charge in [-0.05, 0) is 37.1 Å². The van der Waals surface area contributed by atoms with Gasteiger partial charge in [-0.2, -0.15) is 4.31 Å². The van der Waals surface area contributed by atoms with Crippen LogP contribution in [-0.4, -0.2) is 78.2 Å². The highest BCUT2D eigenvalue weighted by Crippen LogP contribution is 2.21. The number of benzene rings is 1. The molecule has 1 atom stereocenters. The lowest BCUT2D eigenvalue weighted by molar-refractivity contribution is -0.113. The van der Waals surface area contributed by atoms with E-state index in [0.29, 0.717) is 50.3 Å². The van der Waals surface area contributed by atoms with Gasteiger partial charge < -0.3 is 14.8 Å². The lowest BCUT2D eigenvalue weighted by Crippen LogP contribution is -2.40. The minimum Gasteiger partial charge on any atom is -0.379 e. The Labute approximate surface area is 189 Å². The number of hydrogen-bond donors (Lipinski definition) is 2. The molecule has 2 fully saturated rings. The van der Waals surface area contributed by atoms with Crippen LogP contribution in [-0.2, 0) is 30.8 Å². The summed E-state index contributed by atoms with van der Waals surface area (Å²) in [5, 5.41) is 9.56. The normalized spacial score (nSPS) is 19.8. The fraction of sp³-hybridized carbons (Fsp3) is 0.526. The van der Waals surface area contributed by atoms with Crippen molar-refractivity contribution in [3.8, 4) is 0 Å². The topological polar surface area (TPSA) is 136 Å².